The lowest BCUT2D eigenvalue weighted by molar-refractivity contribution is 0.0954. The Morgan fingerprint density at radius 1 is 1.14 bits per heavy atom. The molecule has 1 aliphatic rings. The van der Waals surface area contributed by atoms with Crippen LogP contribution in [-0.4, -0.2) is 23.5 Å². The Balaban J connectivity index is 1.73. The van der Waals surface area contributed by atoms with E-state index in [1.54, 1.807) is 25.1 Å². The van der Waals surface area contributed by atoms with Gasteiger partial charge in [0.05, 0.1) is 5.71 Å². The number of fused-ring (bicyclic) bond motifs is 1. The molecular formula is C16H14N2O4. The predicted molar refractivity (Wildman–Crippen MR) is 80.3 cm³/mol. The van der Waals surface area contributed by atoms with Crippen molar-refractivity contribution in [2.45, 2.75) is 6.92 Å². The Morgan fingerprint density at radius 2 is 1.95 bits per heavy atom. The number of aromatic hydroxyl groups is 1. The zero-order valence-electron chi connectivity index (χ0n) is 11.9. The molecule has 6 heteroatoms. The summed E-state index contributed by atoms with van der Waals surface area (Å²) in [5.74, 6) is 0.992. The highest BCUT2D eigenvalue weighted by Gasteiger charge is 2.14. The molecule has 112 valence electrons. The SMILES string of the molecule is C/C(=N/NC(=O)c1cccc(O)c1)c1ccc2c(c1)OCO2. The summed E-state index contributed by atoms with van der Waals surface area (Å²) in [4.78, 5) is 11.9. The van der Waals surface area contributed by atoms with Crippen molar-refractivity contribution in [2.24, 2.45) is 5.10 Å². The minimum Gasteiger partial charge on any atom is -0.508 e. The fourth-order valence-corrected chi connectivity index (χ4v) is 2.03. The Labute approximate surface area is 127 Å². The minimum absolute atomic E-state index is 0.0316. The van der Waals surface area contributed by atoms with E-state index in [0.717, 1.165) is 5.56 Å². The summed E-state index contributed by atoms with van der Waals surface area (Å²) < 4.78 is 10.5. The Morgan fingerprint density at radius 3 is 2.77 bits per heavy atom. The number of nitrogens with one attached hydrogen (secondary N) is 1. The lowest BCUT2D eigenvalue weighted by atomic mass is 10.1. The first-order valence-corrected chi connectivity index (χ1v) is 6.67. The van der Waals surface area contributed by atoms with Gasteiger partial charge in [-0.25, -0.2) is 5.43 Å². The molecule has 1 heterocycles. The molecule has 0 atom stereocenters. The van der Waals surface area contributed by atoms with Crippen LogP contribution in [0.15, 0.2) is 47.6 Å². The van der Waals surface area contributed by atoms with Crippen molar-refractivity contribution in [3.8, 4) is 17.2 Å². The highest BCUT2D eigenvalue weighted by Crippen LogP contribution is 2.32. The molecule has 0 spiro atoms. The van der Waals surface area contributed by atoms with Gasteiger partial charge in [0.25, 0.3) is 5.91 Å². The molecule has 0 unspecified atom stereocenters. The normalized spacial score (nSPS) is 13.0. The zero-order valence-corrected chi connectivity index (χ0v) is 11.9. The van der Waals surface area contributed by atoms with E-state index < -0.39 is 5.91 Å². The van der Waals surface area contributed by atoms with E-state index in [0.29, 0.717) is 22.8 Å². The van der Waals surface area contributed by atoms with Crippen LogP contribution in [0.2, 0.25) is 0 Å². The van der Waals surface area contributed by atoms with Crippen LogP contribution in [0.4, 0.5) is 0 Å². The molecule has 22 heavy (non-hydrogen) atoms. The average molecular weight is 298 g/mol. The topological polar surface area (TPSA) is 80.2 Å². The molecule has 6 nitrogen and oxygen atoms in total. The van der Waals surface area contributed by atoms with Crippen molar-refractivity contribution in [1.82, 2.24) is 5.43 Å². The van der Waals surface area contributed by atoms with Gasteiger partial charge in [-0.1, -0.05) is 6.07 Å². The standard InChI is InChI=1S/C16H14N2O4/c1-10(11-5-6-14-15(8-11)22-9-21-14)17-18-16(20)12-3-2-4-13(19)7-12/h2-8,19H,9H2,1H3,(H,18,20)/b17-10-. The molecule has 0 aromatic heterocycles. The summed E-state index contributed by atoms with van der Waals surface area (Å²) in [6.45, 7) is 1.99. The van der Waals surface area contributed by atoms with E-state index in [4.69, 9.17) is 9.47 Å². The van der Waals surface area contributed by atoms with Crippen molar-refractivity contribution in [3.05, 3.63) is 53.6 Å². The quantitative estimate of drug-likeness (QED) is 0.673. The van der Waals surface area contributed by atoms with Crippen LogP contribution in [0, 0.1) is 0 Å². The van der Waals surface area contributed by atoms with Crippen LogP contribution in [-0.2, 0) is 0 Å². The van der Waals surface area contributed by atoms with Gasteiger partial charge in [-0.2, -0.15) is 5.10 Å². The maximum Gasteiger partial charge on any atom is 0.271 e. The number of nitrogens with zero attached hydrogens (tertiary/aromatic N) is 1. The lowest BCUT2D eigenvalue weighted by Crippen LogP contribution is -2.19. The fourth-order valence-electron chi connectivity index (χ4n) is 2.03. The van der Waals surface area contributed by atoms with Crippen LogP contribution >= 0.6 is 0 Å². The van der Waals surface area contributed by atoms with Crippen LogP contribution in [0.3, 0.4) is 0 Å². The van der Waals surface area contributed by atoms with Crippen LogP contribution < -0.4 is 14.9 Å². The number of phenols is 1. The maximum atomic E-state index is 11.9. The van der Waals surface area contributed by atoms with Crippen molar-refractivity contribution >= 4 is 11.6 Å². The Hall–Kier alpha value is -3.02. The molecule has 3 rings (SSSR count). The summed E-state index contributed by atoms with van der Waals surface area (Å²) in [6.07, 6.45) is 0. The monoisotopic (exact) mass is 298 g/mol. The zero-order chi connectivity index (χ0) is 15.5. The van der Waals surface area contributed by atoms with Crippen molar-refractivity contribution in [1.29, 1.82) is 0 Å². The second-order valence-corrected chi connectivity index (χ2v) is 4.76. The molecule has 0 radical (unpaired) electrons. The van der Waals surface area contributed by atoms with Gasteiger partial charge in [-0.15, -0.1) is 0 Å². The number of hydrogen-bond acceptors (Lipinski definition) is 5. The van der Waals surface area contributed by atoms with E-state index >= 15 is 0 Å². The van der Waals surface area contributed by atoms with E-state index in [1.807, 2.05) is 12.1 Å². The molecule has 2 aromatic carbocycles. The average Bonchev–Trinajstić information content (AvgIpc) is 2.99. The Bertz CT molecular complexity index is 756. The molecule has 1 amide bonds. The summed E-state index contributed by atoms with van der Waals surface area (Å²) in [7, 11) is 0. The fraction of sp³-hybridized carbons (Fsp3) is 0.125. The van der Waals surface area contributed by atoms with Gasteiger partial charge in [0.15, 0.2) is 11.5 Å². The third kappa shape index (κ3) is 2.85. The van der Waals surface area contributed by atoms with Crippen LogP contribution in [0.25, 0.3) is 0 Å². The molecule has 0 bridgehead atoms. The number of carbonyl (C=O) groups is 1. The van der Waals surface area contributed by atoms with E-state index in [1.165, 1.54) is 12.1 Å². The molecule has 1 aliphatic heterocycles. The van der Waals surface area contributed by atoms with E-state index in [9.17, 15) is 9.90 Å². The first-order chi connectivity index (χ1) is 10.6. The minimum atomic E-state index is -0.393. The highest BCUT2D eigenvalue weighted by molar-refractivity contribution is 6.01. The molecule has 0 fully saturated rings. The number of carbonyl (C=O) groups excluding carboxylic acids is 1. The van der Waals surface area contributed by atoms with Crippen molar-refractivity contribution in [3.63, 3.8) is 0 Å². The smallest absolute Gasteiger partial charge is 0.271 e. The first kappa shape index (κ1) is 13.9. The summed E-state index contributed by atoms with van der Waals surface area (Å²) in [5.41, 5.74) is 4.24. The number of rotatable bonds is 3. The number of amides is 1. The molecule has 0 aliphatic carbocycles. The molecule has 2 aromatic rings. The summed E-state index contributed by atoms with van der Waals surface area (Å²) >= 11 is 0. The predicted octanol–water partition coefficient (Wildman–Crippen LogP) is 2.27. The number of ether oxygens (including phenoxy) is 2. The Kier molecular flexibility index (Phi) is 3.65. The van der Waals surface area contributed by atoms with Crippen molar-refractivity contribution < 1.29 is 19.4 Å². The second kappa shape index (κ2) is 5.77. The van der Waals surface area contributed by atoms with Crippen LogP contribution in [0.5, 0.6) is 17.2 Å². The lowest BCUT2D eigenvalue weighted by Gasteiger charge is -2.04. The largest absolute Gasteiger partial charge is 0.508 e. The van der Waals surface area contributed by atoms with Gasteiger partial charge in [0, 0.05) is 11.1 Å². The maximum absolute atomic E-state index is 11.9. The summed E-state index contributed by atoms with van der Waals surface area (Å²) in [6, 6.07) is 11.5. The van der Waals surface area contributed by atoms with Gasteiger partial charge in [0.2, 0.25) is 6.79 Å². The van der Waals surface area contributed by atoms with Gasteiger partial charge in [0.1, 0.15) is 5.75 Å². The number of benzene rings is 2. The first-order valence-electron chi connectivity index (χ1n) is 6.67. The second-order valence-electron chi connectivity index (χ2n) is 4.76. The highest BCUT2D eigenvalue weighted by atomic mass is 16.7. The van der Waals surface area contributed by atoms with Gasteiger partial charge >= 0.3 is 0 Å². The molecule has 0 saturated carbocycles. The molecular weight excluding hydrogens is 284 g/mol. The molecule has 0 saturated heterocycles. The summed E-state index contributed by atoms with van der Waals surface area (Å²) in [5, 5.41) is 13.4. The third-order valence-corrected chi connectivity index (χ3v) is 3.22. The van der Waals surface area contributed by atoms with Crippen LogP contribution in [0.1, 0.15) is 22.8 Å². The third-order valence-electron chi connectivity index (χ3n) is 3.22. The van der Waals surface area contributed by atoms with E-state index in [2.05, 4.69) is 10.5 Å². The number of phenolic OH excluding ortho intramolecular Hbond substituents is 1. The number of hydrogen-bond donors (Lipinski definition) is 2. The van der Waals surface area contributed by atoms with E-state index in [-0.39, 0.29) is 12.5 Å². The van der Waals surface area contributed by atoms with Gasteiger partial charge in [-0.3, -0.25) is 4.79 Å². The molecule has 2 N–H and O–H groups in total. The van der Waals surface area contributed by atoms with Crippen molar-refractivity contribution in [2.75, 3.05) is 6.79 Å². The number of hydrazone groups is 1. The van der Waals surface area contributed by atoms with Gasteiger partial charge in [-0.05, 0) is 43.3 Å². The van der Waals surface area contributed by atoms with Gasteiger partial charge < -0.3 is 14.6 Å².